The van der Waals surface area contributed by atoms with Crippen LogP contribution in [0, 0.1) is 24.2 Å². The summed E-state index contributed by atoms with van der Waals surface area (Å²) in [6.07, 6.45) is -10.7. The zero-order valence-corrected chi connectivity index (χ0v) is 18.3. The fourth-order valence-electron chi connectivity index (χ4n) is 3.95. The Hall–Kier alpha value is -2.06. The van der Waals surface area contributed by atoms with Gasteiger partial charge in [0.05, 0.1) is 34.2 Å². The summed E-state index contributed by atoms with van der Waals surface area (Å²) in [7, 11) is 1.69. The SMILES string of the molecule is Bc1cc(COC(c2sc([C@H]3CC[C@H](C(F)(F)F)CC3)nc2C)C(F)(F)F)ccc1C#N. The minimum atomic E-state index is -4.68. The maximum Gasteiger partial charge on any atom is 0.419 e. The van der Waals surface area contributed by atoms with Crippen molar-refractivity contribution in [1.82, 2.24) is 4.98 Å². The number of hydrogen-bond donors (Lipinski definition) is 0. The standard InChI is InChI=1S/C21H21BF6N2OS/c1-11-17(32-19(30-11)13-4-6-15(7-5-13)20(23,24)25)18(21(26,27)28)31-10-12-2-3-14(9-29)16(22)8-12/h2-3,8,13,15,18H,4-7,10,22H2,1H3/t13-,15-,18?. The lowest BCUT2D eigenvalue weighted by Gasteiger charge is -2.28. The van der Waals surface area contributed by atoms with Crippen LogP contribution in [0.15, 0.2) is 18.2 Å². The number of nitriles is 1. The van der Waals surface area contributed by atoms with Gasteiger partial charge in [-0.3, -0.25) is 0 Å². The molecule has 0 spiro atoms. The van der Waals surface area contributed by atoms with E-state index in [-0.39, 0.29) is 48.8 Å². The number of rotatable bonds is 5. The smallest absolute Gasteiger partial charge is 0.358 e. The molecule has 1 aromatic heterocycles. The number of halogens is 6. The number of aryl methyl sites for hydroxylation is 1. The van der Waals surface area contributed by atoms with Gasteiger partial charge >= 0.3 is 12.4 Å². The number of aromatic nitrogens is 1. The molecule has 0 saturated heterocycles. The van der Waals surface area contributed by atoms with Crippen molar-refractivity contribution < 1.29 is 31.1 Å². The van der Waals surface area contributed by atoms with Gasteiger partial charge in [-0.05, 0) is 44.2 Å². The quantitative estimate of drug-likeness (QED) is 0.440. The number of ether oxygens (including phenoxy) is 1. The van der Waals surface area contributed by atoms with E-state index in [1.54, 1.807) is 20.0 Å². The average Bonchev–Trinajstić information content (AvgIpc) is 3.08. The van der Waals surface area contributed by atoms with Gasteiger partial charge in [-0.15, -0.1) is 11.3 Å². The van der Waals surface area contributed by atoms with Crippen LogP contribution in [0.5, 0.6) is 0 Å². The number of thiazole rings is 1. The number of nitrogens with zero attached hydrogens (tertiary/aromatic N) is 2. The van der Waals surface area contributed by atoms with E-state index in [0.717, 1.165) is 11.3 Å². The van der Waals surface area contributed by atoms with E-state index in [1.165, 1.54) is 13.0 Å². The molecular formula is C21H21BF6N2OS. The summed E-state index contributed by atoms with van der Waals surface area (Å²) < 4.78 is 85.4. The molecule has 32 heavy (non-hydrogen) atoms. The normalized spacial score (nSPS) is 20.7. The average molecular weight is 474 g/mol. The molecular weight excluding hydrogens is 453 g/mol. The molecule has 3 rings (SSSR count). The van der Waals surface area contributed by atoms with Crippen molar-refractivity contribution in [2.24, 2.45) is 5.92 Å². The Labute approximate surface area is 186 Å². The van der Waals surface area contributed by atoms with E-state index in [4.69, 9.17) is 10.00 Å². The second-order valence-electron chi connectivity index (χ2n) is 8.09. The van der Waals surface area contributed by atoms with Crippen molar-refractivity contribution in [3.05, 3.63) is 44.9 Å². The fraction of sp³-hybridized carbons (Fsp3) is 0.524. The number of benzene rings is 1. The topological polar surface area (TPSA) is 45.9 Å². The van der Waals surface area contributed by atoms with Gasteiger partial charge in [0.25, 0.3) is 0 Å². The molecule has 1 fully saturated rings. The molecule has 1 aliphatic carbocycles. The van der Waals surface area contributed by atoms with Crippen LogP contribution in [-0.4, -0.2) is 25.2 Å². The van der Waals surface area contributed by atoms with E-state index in [9.17, 15) is 26.3 Å². The monoisotopic (exact) mass is 474 g/mol. The molecule has 3 nitrogen and oxygen atoms in total. The molecule has 1 unspecified atom stereocenters. The van der Waals surface area contributed by atoms with Gasteiger partial charge in [0.1, 0.15) is 7.85 Å². The van der Waals surface area contributed by atoms with Crippen LogP contribution >= 0.6 is 11.3 Å². The minimum absolute atomic E-state index is 0.0423. The Balaban J connectivity index is 1.75. The van der Waals surface area contributed by atoms with Crippen LogP contribution in [0.25, 0.3) is 0 Å². The second-order valence-corrected chi connectivity index (χ2v) is 9.15. The summed E-state index contributed by atoms with van der Waals surface area (Å²) in [4.78, 5) is 4.20. The summed E-state index contributed by atoms with van der Waals surface area (Å²) in [5.74, 6) is -1.64. The first-order valence-electron chi connectivity index (χ1n) is 10.1. The summed E-state index contributed by atoms with van der Waals surface area (Å²) in [5.41, 5.74) is 1.76. The van der Waals surface area contributed by atoms with E-state index < -0.39 is 24.4 Å². The Kier molecular flexibility index (Phi) is 7.25. The molecule has 0 aliphatic heterocycles. The largest absolute Gasteiger partial charge is 0.419 e. The predicted octanol–water partition coefficient (Wildman–Crippen LogP) is 5.24. The molecule has 2 aromatic rings. The molecule has 1 aliphatic rings. The van der Waals surface area contributed by atoms with Crippen molar-refractivity contribution in [3.63, 3.8) is 0 Å². The van der Waals surface area contributed by atoms with Gasteiger partial charge in [-0.25, -0.2) is 4.98 Å². The van der Waals surface area contributed by atoms with E-state index in [2.05, 4.69) is 4.98 Å². The molecule has 0 N–H and O–H groups in total. The lowest BCUT2D eigenvalue weighted by atomic mass is 9.82. The van der Waals surface area contributed by atoms with Crippen molar-refractivity contribution >= 4 is 24.6 Å². The lowest BCUT2D eigenvalue weighted by molar-refractivity contribution is -0.226. The fourth-order valence-corrected chi connectivity index (χ4v) is 5.27. The van der Waals surface area contributed by atoms with Crippen LogP contribution in [0.3, 0.4) is 0 Å². The first kappa shape index (κ1) is 24.6. The predicted molar refractivity (Wildman–Crippen MR) is 111 cm³/mol. The van der Waals surface area contributed by atoms with Gasteiger partial charge < -0.3 is 4.74 Å². The van der Waals surface area contributed by atoms with E-state index in [1.807, 2.05) is 6.07 Å². The van der Waals surface area contributed by atoms with Crippen molar-refractivity contribution in [2.75, 3.05) is 0 Å². The maximum absolute atomic E-state index is 13.8. The highest BCUT2D eigenvalue weighted by Gasteiger charge is 2.45. The molecule has 1 atom stereocenters. The summed E-state index contributed by atoms with van der Waals surface area (Å²) >= 11 is 0.874. The van der Waals surface area contributed by atoms with Gasteiger partial charge in [-0.1, -0.05) is 17.6 Å². The summed E-state index contributed by atoms with van der Waals surface area (Å²) in [6, 6.07) is 6.68. The molecule has 0 amide bonds. The third-order valence-corrected chi connectivity index (χ3v) is 7.11. The molecule has 0 bridgehead atoms. The highest BCUT2D eigenvalue weighted by molar-refractivity contribution is 7.11. The van der Waals surface area contributed by atoms with Gasteiger partial charge in [0.2, 0.25) is 0 Å². The second kappa shape index (κ2) is 9.44. The molecule has 11 heteroatoms. The Morgan fingerprint density at radius 2 is 1.84 bits per heavy atom. The first-order valence-corrected chi connectivity index (χ1v) is 10.9. The van der Waals surface area contributed by atoms with Gasteiger partial charge in [0.15, 0.2) is 6.10 Å². The zero-order valence-electron chi connectivity index (χ0n) is 17.5. The van der Waals surface area contributed by atoms with Crippen LogP contribution in [0.4, 0.5) is 26.3 Å². The number of hydrogen-bond acceptors (Lipinski definition) is 4. The Morgan fingerprint density at radius 3 is 2.38 bits per heavy atom. The third kappa shape index (κ3) is 5.65. The van der Waals surface area contributed by atoms with Crippen LogP contribution < -0.4 is 5.46 Å². The molecule has 0 radical (unpaired) electrons. The molecule has 1 heterocycles. The first-order chi connectivity index (χ1) is 14.9. The summed E-state index contributed by atoms with van der Waals surface area (Å²) in [5, 5.41) is 9.42. The third-order valence-electron chi connectivity index (χ3n) is 5.75. The van der Waals surface area contributed by atoms with Crippen LogP contribution in [0.2, 0.25) is 0 Å². The van der Waals surface area contributed by atoms with Crippen molar-refractivity contribution in [1.29, 1.82) is 5.26 Å². The van der Waals surface area contributed by atoms with Crippen molar-refractivity contribution in [2.45, 2.75) is 63.6 Å². The zero-order chi connectivity index (χ0) is 23.7. The molecule has 1 saturated carbocycles. The van der Waals surface area contributed by atoms with Crippen LogP contribution in [-0.2, 0) is 11.3 Å². The highest BCUT2D eigenvalue weighted by atomic mass is 32.1. The minimum Gasteiger partial charge on any atom is -0.358 e. The highest BCUT2D eigenvalue weighted by Crippen LogP contribution is 2.46. The van der Waals surface area contributed by atoms with Gasteiger partial charge in [-0.2, -0.15) is 31.6 Å². The van der Waals surface area contributed by atoms with Gasteiger partial charge in [0, 0.05) is 11.5 Å². The van der Waals surface area contributed by atoms with Crippen molar-refractivity contribution in [3.8, 4) is 6.07 Å². The molecule has 1 aromatic carbocycles. The number of alkyl halides is 6. The van der Waals surface area contributed by atoms with E-state index in [0.29, 0.717) is 21.6 Å². The maximum atomic E-state index is 13.8. The lowest BCUT2D eigenvalue weighted by Crippen LogP contribution is -2.27. The summed E-state index contributed by atoms with van der Waals surface area (Å²) in [6.45, 7) is 1.16. The molecule has 172 valence electrons. The Morgan fingerprint density at radius 1 is 1.19 bits per heavy atom. The van der Waals surface area contributed by atoms with Crippen LogP contribution in [0.1, 0.15) is 64.4 Å². The Bertz CT molecular complexity index is 990. The van der Waals surface area contributed by atoms with E-state index >= 15 is 0 Å².